The molecule has 3 aliphatic heterocycles. The van der Waals surface area contributed by atoms with Gasteiger partial charge in [-0.25, -0.2) is 4.79 Å². The fourth-order valence-corrected chi connectivity index (χ4v) is 6.19. The Morgan fingerprint density at radius 3 is 2.82 bits per heavy atom. The minimum Gasteiger partial charge on any atom is -0.336 e. The summed E-state index contributed by atoms with van der Waals surface area (Å²) >= 11 is 0. The lowest BCUT2D eigenvalue weighted by Crippen LogP contribution is -2.56. The molecule has 2 amide bonds. The molecular formula is C26H34N6O. The van der Waals surface area contributed by atoms with Gasteiger partial charge in [-0.3, -0.25) is 9.58 Å². The third kappa shape index (κ3) is 4.77. The number of nitrogens with zero attached hydrogens (tertiary/aromatic N) is 4. The number of hydrogen-bond donors (Lipinski definition) is 2. The first-order valence-corrected chi connectivity index (χ1v) is 12.4. The summed E-state index contributed by atoms with van der Waals surface area (Å²) in [4.78, 5) is 15.0. The van der Waals surface area contributed by atoms with Gasteiger partial charge in [-0.05, 0) is 62.4 Å². The van der Waals surface area contributed by atoms with Gasteiger partial charge in [-0.1, -0.05) is 25.3 Å². The number of piperidine rings is 3. The van der Waals surface area contributed by atoms with Gasteiger partial charge in [-0.15, -0.1) is 0 Å². The first kappa shape index (κ1) is 22.0. The van der Waals surface area contributed by atoms with Crippen molar-refractivity contribution in [1.82, 2.24) is 20.0 Å². The largest absolute Gasteiger partial charge is 0.336 e. The number of aromatic nitrogens is 2. The second kappa shape index (κ2) is 9.56. The zero-order chi connectivity index (χ0) is 22.8. The van der Waals surface area contributed by atoms with E-state index in [9.17, 15) is 4.79 Å². The van der Waals surface area contributed by atoms with Crippen molar-refractivity contribution < 1.29 is 4.79 Å². The highest BCUT2D eigenvalue weighted by molar-refractivity contribution is 5.89. The number of urea groups is 1. The van der Waals surface area contributed by atoms with Crippen molar-refractivity contribution in [3.63, 3.8) is 0 Å². The first-order valence-electron chi connectivity index (χ1n) is 12.4. The lowest BCUT2D eigenvalue weighted by molar-refractivity contribution is 0.0296. The van der Waals surface area contributed by atoms with Crippen LogP contribution in [0.25, 0.3) is 0 Å². The Balaban J connectivity index is 1.17. The predicted molar refractivity (Wildman–Crippen MR) is 128 cm³/mol. The zero-order valence-corrected chi connectivity index (χ0v) is 19.5. The Kier molecular flexibility index (Phi) is 6.37. The molecule has 0 spiro atoms. The SMILES string of the molecule is Cn1nc(C2CCCCC2)cc1[C@@H]1CN2CC[C@H]1C[C@@H]2CNC(=O)Nc1cccc(C#N)c1. The molecule has 1 unspecified atom stereocenters. The van der Waals surface area contributed by atoms with Crippen LogP contribution in [0.3, 0.4) is 0 Å². The standard InChI is InChI=1S/C26H34N6O/c1-31-25(14-24(30-31)19-7-3-2-4-8-19)23-17-32-11-10-20(23)13-22(32)16-28-26(33)29-21-9-5-6-18(12-21)15-27/h5-6,9,12,14,19-20,22-23H,2-4,7-8,10-11,13,16-17H2,1H3,(H2,28,29,33)/t20-,22+,23+/m0/s1. The molecule has 33 heavy (non-hydrogen) atoms. The van der Waals surface area contributed by atoms with Crippen LogP contribution < -0.4 is 10.6 Å². The molecule has 6 rings (SSSR count). The van der Waals surface area contributed by atoms with E-state index in [0.717, 1.165) is 19.5 Å². The van der Waals surface area contributed by atoms with Crippen molar-refractivity contribution in [1.29, 1.82) is 5.26 Å². The molecule has 1 aromatic carbocycles. The third-order valence-corrected chi connectivity index (χ3v) is 7.96. The number of fused-ring (bicyclic) bond motifs is 3. The number of nitriles is 1. The van der Waals surface area contributed by atoms with E-state index in [4.69, 9.17) is 10.4 Å². The Labute approximate surface area is 196 Å². The molecule has 7 heteroatoms. The summed E-state index contributed by atoms with van der Waals surface area (Å²) in [5.41, 5.74) is 3.88. The van der Waals surface area contributed by atoms with E-state index in [0.29, 0.717) is 41.6 Å². The van der Waals surface area contributed by atoms with Crippen LogP contribution in [0, 0.1) is 17.2 Å². The molecule has 1 saturated carbocycles. The van der Waals surface area contributed by atoms with Crippen LogP contribution in [0.2, 0.25) is 0 Å². The number of anilines is 1. The molecule has 1 aliphatic carbocycles. The van der Waals surface area contributed by atoms with Crippen LogP contribution in [0.1, 0.15) is 73.7 Å². The van der Waals surface area contributed by atoms with Gasteiger partial charge >= 0.3 is 6.03 Å². The molecule has 2 N–H and O–H groups in total. The van der Waals surface area contributed by atoms with Gasteiger partial charge in [0.1, 0.15) is 0 Å². The summed E-state index contributed by atoms with van der Waals surface area (Å²) in [6, 6.07) is 11.7. The lowest BCUT2D eigenvalue weighted by atomic mass is 9.74. The van der Waals surface area contributed by atoms with Gasteiger partial charge in [0.2, 0.25) is 0 Å². The normalized spacial score (nSPS) is 27.2. The Hall–Kier alpha value is -2.85. The molecule has 4 atom stereocenters. The van der Waals surface area contributed by atoms with Crippen molar-refractivity contribution in [3.8, 4) is 6.07 Å². The van der Waals surface area contributed by atoms with E-state index in [1.165, 1.54) is 49.9 Å². The van der Waals surface area contributed by atoms with Gasteiger partial charge in [0.15, 0.2) is 0 Å². The van der Waals surface area contributed by atoms with Crippen molar-refractivity contribution in [2.75, 3.05) is 25.0 Å². The molecule has 7 nitrogen and oxygen atoms in total. The number of benzene rings is 1. The van der Waals surface area contributed by atoms with Crippen LogP contribution >= 0.6 is 0 Å². The van der Waals surface area contributed by atoms with Gasteiger partial charge < -0.3 is 10.6 Å². The summed E-state index contributed by atoms with van der Waals surface area (Å²) in [6.45, 7) is 2.80. The van der Waals surface area contributed by atoms with E-state index in [-0.39, 0.29) is 6.03 Å². The maximum atomic E-state index is 12.4. The second-order valence-corrected chi connectivity index (χ2v) is 10.0. The minimum atomic E-state index is -0.215. The maximum Gasteiger partial charge on any atom is 0.319 e. The van der Waals surface area contributed by atoms with Gasteiger partial charge in [0, 0.05) is 49.4 Å². The molecule has 4 heterocycles. The minimum absolute atomic E-state index is 0.215. The molecule has 2 bridgehead atoms. The number of carbonyl (C=O) groups is 1. The summed E-state index contributed by atoms with van der Waals surface area (Å²) in [6.07, 6.45) is 8.94. The second-order valence-electron chi connectivity index (χ2n) is 10.0. The van der Waals surface area contributed by atoms with Crippen molar-refractivity contribution >= 4 is 11.7 Å². The van der Waals surface area contributed by atoms with Crippen LogP contribution in [0.4, 0.5) is 10.5 Å². The number of carbonyl (C=O) groups excluding carboxylic acids is 1. The van der Waals surface area contributed by atoms with Crippen molar-refractivity contribution in [2.24, 2.45) is 13.0 Å². The number of rotatable bonds is 5. The van der Waals surface area contributed by atoms with Gasteiger partial charge in [-0.2, -0.15) is 10.4 Å². The van der Waals surface area contributed by atoms with E-state index in [1.54, 1.807) is 24.3 Å². The van der Waals surface area contributed by atoms with Crippen LogP contribution in [0.15, 0.2) is 30.3 Å². The number of nitrogens with one attached hydrogen (secondary N) is 2. The third-order valence-electron chi connectivity index (χ3n) is 7.96. The first-order chi connectivity index (χ1) is 16.1. The fourth-order valence-electron chi connectivity index (χ4n) is 6.19. The lowest BCUT2D eigenvalue weighted by Gasteiger charge is -2.49. The van der Waals surface area contributed by atoms with E-state index in [2.05, 4.69) is 39.4 Å². The fraction of sp³-hybridized carbons (Fsp3) is 0.577. The molecule has 1 aromatic heterocycles. The summed E-state index contributed by atoms with van der Waals surface area (Å²) in [7, 11) is 2.12. The van der Waals surface area contributed by atoms with E-state index < -0.39 is 0 Å². The van der Waals surface area contributed by atoms with Crippen LogP contribution in [0.5, 0.6) is 0 Å². The molecule has 174 valence electrons. The number of amides is 2. The van der Waals surface area contributed by atoms with Crippen LogP contribution in [-0.4, -0.2) is 46.4 Å². The topological polar surface area (TPSA) is 86.0 Å². The number of aryl methyl sites for hydroxylation is 1. The highest BCUT2D eigenvalue weighted by Gasteiger charge is 2.42. The summed E-state index contributed by atoms with van der Waals surface area (Å²) in [5.74, 6) is 1.82. The molecule has 2 aromatic rings. The van der Waals surface area contributed by atoms with E-state index in [1.807, 2.05) is 0 Å². The zero-order valence-electron chi connectivity index (χ0n) is 19.5. The monoisotopic (exact) mass is 446 g/mol. The molecule has 3 saturated heterocycles. The Bertz CT molecular complexity index is 1030. The van der Waals surface area contributed by atoms with Crippen LogP contribution in [-0.2, 0) is 7.05 Å². The van der Waals surface area contributed by atoms with Crippen molar-refractivity contribution in [3.05, 3.63) is 47.3 Å². The summed E-state index contributed by atoms with van der Waals surface area (Å²) < 4.78 is 2.15. The molecule has 4 fully saturated rings. The maximum absolute atomic E-state index is 12.4. The molecule has 0 radical (unpaired) electrons. The number of hydrogen-bond acceptors (Lipinski definition) is 4. The molecule has 4 aliphatic rings. The molecular weight excluding hydrogens is 412 g/mol. The highest BCUT2D eigenvalue weighted by atomic mass is 16.2. The average Bonchev–Trinajstić information content (AvgIpc) is 3.25. The Morgan fingerprint density at radius 2 is 2.06 bits per heavy atom. The summed E-state index contributed by atoms with van der Waals surface area (Å²) in [5, 5.41) is 19.9. The average molecular weight is 447 g/mol. The Morgan fingerprint density at radius 1 is 1.21 bits per heavy atom. The van der Waals surface area contributed by atoms with Crippen molar-refractivity contribution in [2.45, 2.75) is 62.8 Å². The highest BCUT2D eigenvalue weighted by Crippen LogP contribution is 2.42. The quantitative estimate of drug-likeness (QED) is 0.715. The smallest absolute Gasteiger partial charge is 0.319 e. The van der Waals surface area contributed by atoms with Gasteiger partial charge in [0.05, 0.1) is 17.3 Å². The van der Waals surface area contributed by atoms with E-state index >= 15 is 0 Å². The predicted octanol–water partition coefficient (Wildman–Crippen LogP) is 4.34. The van der Waals surface area contributed by atoms with Gasteiger partial charge in [0.25, 0.3) is 0 Å².